The van der Waals surface area contributed by atoms with Gasteiger partial charge >= 0.3 is 0 Å². The number of carbonyl (C=O) groups is 1. The zero-order valence-corrected chi connectivity index (χ0v) is 20.0. The molecule has 0 saturated carbocycles. The second-order valence-electron chi connectivity index (χ2n) is 8.00. The van der Waals surface area contributed by atoms with Gasteiger partial charge in [0, 0.05) is 22.5 Å². The van der Waals surface area contributed by atoms with E-state index in [9.17, 15) is 13.2 Å². The lowest BCUT2D eigenvalue weighted by atomic mass is 10.1. The van der Waals surface area contributed by atoms with Crippen LogP contribution in [0.25, 0.3) is 22.4 Å². The second-order valence-corrected chi connectivity index (χ2v) is 9.68. The molecule has 0 unspecified atom stereocenters. The van der Waals surface area contributed by atoms with Crippen LogP contribution in [0.5, 0.6) is 5.75 Å². The number of H-pyrrole nitrogens is 1. The summed E-state index contributed by atoms with van der Waals surface area (Å²) in [6.07, 6.45) is 0. The normalized spacial score (nSPS) is 11.2. The number of fused-ring (bicyclic) bond motifs is 1. The third kappa shape index (κ3) is 4.91. The van der Waals surface area contributed by atoms with E-state index in [-0.39, 0.29) is 16.5 Å². The molecule has 0 aliphatic rings. The van der Waals surface area contributed by atoms with Crippen LogP contribution in [0.2, 0.25) is 0 Å². The number of aromatic amines is 1. The largest absolute Gasteiger partial charge is 0.497 e. The number of para-hydroxylation sites is 2. The van der Waals surface area contributed by atoms with Gasteiger partial charge in [-0.1, -0.05) is 30.3 Å². The lowest BCUT2D eigenvalue weighted by Gasteiger charge is -2.11. The van der Waals surface area contributed by atoms with Crippen LogP contribution in [0.1, 0.15) is 10.4 Å². The third-order valence-electron chi connectivity index (χ3n) is 5.53. The quantitative estimate of drug-likeness (QED) is 0.282. The van der Waals surface area contributed by atoms with Gasteiger partial charge in [-0.2, -0.15) is 0 Å². The van der Waals surface area contributed by atoms with E-state index in [2.05, 4.69) is 20.0 Å². The van der Waals surface area contributed by atoms with Crippen molar-refractivity contribution in [2.24, 2.45) is 0 Å². The van der Waals surface area contributed by atoms with E-state index >= 15 is 0 Å². The lowest BCUT2D eigenvalue weighted by Crippen LogP contribution is -2.15. The molecular formula is C27H22N4O4S. The molecule has 36 heavy (non-hydrogen) atoms. The minimum absolute atomic E-state index is 0.0838. The van der Waals surface area contributed by atoms with E-state index in [0.717, 1.165) is 16.6 Å². The molecule has 1 heterocycles. The fourth-order valence-electron chi connectivity index (χ4n) is 3.73. The van der Waals surface area contributed by atoms with Crippen LogP contribution in [-0.4, -0.2) is 31.4 Å². The number of nitrogens with one attached hydrogen (secondary N) is 3. The summed E-state index contributed by atoms with van der Waals surface area (Å²) in [4.78, 5) is 20.9. The van der Waals surface area contributed by atoms with Crippen molar-refractivity contribution in [2.75, 3.05) is 17.1 Å². The Morgan fingerprint density at radius 1 is 0.861 bits per heavy atom. The van der Waals surface area contributed by atoms with Crippen molar-refractivity contribution in [3.05, 3.63) is 103 Å². The molecule has 0 atom stereocenters. The summed E-state index contributed by atoms with van der Waals surface area (Å²) in [6.45, 7) is 0. The smallest absolute Gasteiger partial charge is 0.261 e. The number of benzene rings is 4. The number of aromatic nitrogens is 2. The molecule has 1 amide bonds. The fraction of sp³-hybridized carbons (Fsp3) is 0.0370. The Morgan fingerprint density at radius 2 is 1.61 bits per heavy atom. The van der Waals surface area contributed by atoms with Crippen LogP contribution < -0.4 is 14.8 Å². The molecule has 0 bridgehead atoms. The average molecular weight is 499 g/mol. The summed E-state index contributed by atoms with van der Waals surface area (Å²) in [7, 11) is -2.33. The van der Waals surface area contributed by atoms with Crippen molar-refractivity contribution in [3.8, 4) is 17.1 Å². The van der Waals surface area contributed by atoms with Gasteiger partial charge in [0.15, 0.2) is 0 Å². The van der Waals surface area contributed by atoms with Gasteiger partial charge in [-0.3, -0.25) is 9.52 Å². The number of imidazole rings is 1. The number of rotatable bonds is 7. The van der Waals surface area contributed by atoms with E-state index in [4.69, 9.17) is 4.74 Å². The summed E-state index contributed by atoms with van der Waals surface area (Å²) in [5.74, 6) is 0.876. The maximum atomic E-state index is 12.9. The van der Waals surface area contributed by atoms with E-state index in [0.29, 0.717) is 22.8 Å². The number of ether oxygens (including phenoxy) is 1. The van der Waals surface area contributed by atoms with E-state index < -0.39 is 10.0 Å². The molecule has 1 aromatic heterocycles. The summed E-state index contributed by atoms with van der Waals surface area (Å²) < 4.78 is 33.1. The molecule has 0 radical (unpaired) electrons. The van der Waals surface area contributed by atoms with Gasteiger partial charge < -0.3 is 15.0 Å². The lowest BCUT2D eigenvalue weighted by molar-refractivity contribution is 0.102. The van der Waals surface area contributed by atoms with E-state index in [1.807, 2.05) is 42.5 Å². The minimum atomic E-state index is -3.83. The van der Waals surface area contributed by atoms with Crippen LogP contribution in [-0.2, 0) is 10.0 Å². The first-order chi connectivity index (χ1) is 17.4. The van der Waals surface area contributed by atoms with Gasteiger partial charge in [0.25, 0.3) is 15.9 Å². The molecule has 0 aliphatic heterocycles. The number of nitrogens with zero attached hydrogens (tertiary/aromatic N) is 1. The van der Waals surface area contributed by atoms with Crippen molar-refractivity contribution in [3.63, 3.8) is 0 Å². The first-order valence-electron chi connectivity index (χ1n) is 11.0. The minimum Gasteiger partial charge on any atom is -0.497 e. The first kappa shape index (κ1) is 23.1. The topological polar surface area (TPSA) is 113 Å². The van der Waals surface area contributed by atoms with Crippen LogP contribution >= 0.6 is 0 Å². The van der Waals surface area contributed by atoms with Crippen LogP contribution in [0, 0.1) is 0 Å². The van der Waals surface area contributed by atoms with Crippen molar-refractivity contribution in [1.82, 2.24) is 9.97 Å². The van der Waals surface area contributed by atoms with Gasteiger partial charge in [-0.15, -0.1) is 0 Å². The Balaban J connectivity index is 1.32. The zero-order chi connectivity index (χ0) is 25.1. The number of anilines is 2. The molecule has 4 aromatic carbocycles. The predicted octanol–water partition coefficient (Wildman–Crippen LogP) is 5.29. The maximum absolute atomic E-state index is 12.9. The number of hydrogen-bond donors (Lipinski definition) is 3. The fourth-order valence-corrected chi connectivity index (χ4v) is 4.78. The number of hydrogen-bond acceptors (Lipinski definition) is 5. The SMILES string of the molecule is COc1ccc(S(=O)(=O)Nc2cccc(C(=O)Nc3cccc(-c4nc5ccccc5[nH]4)c3)c2)cc1. The van der Waals surface area contributed by atoms with Crippen LogP contribution in [0.15, 0.2) is 102 Å². The Kier molecular flexibility index (Phi) is 6.14. The first-order valence-corrected chi connectivity index (χ1v) is 12.5. The Bertz CT molecular complexity index is 1630. The zero-order valence-electron chi connectivity index (χ0n) is 19.2. The molecule has 0 spiro atoms. The molecule has 3 N–H and O–H groups in total. The number of carbonyl (C=O) groups excluding carboxylic acids is 1. The molecule has 0 fully saturated rings. The average Bonchev–Trinajstić information content (AvgIpc) is 3.33. The number of methoxy groups -OCH3 is 1. The third-order valence-corrected chi connectivity index (χ3v) is 6.93. The Hall–Kier alpha value is -4.63. The maximum Gasteiger partial charge on any atom is 0.261 e. The van der Waals surface area contributed by atoms with E-state index in [1.54, 1.807) is 36.4 Å². The molecule has 0 saturated heterocycles. The molecular weight excluding hydrogens is 476 g/mol. The monoisotopic (exact) mass is 498 g/mol. The highest BCUT2D eigenvalue weighted by Crippen LogP contribution is 2.24. The highest BCUT2D eigenvalue weighted by atomic mass is 32.2. The summed E-state index contributed by atoms with van der Waals surface area (Å²) in [5, 5.41) is 2.86. The number of sulfonamides is 1. The molecule has 5 aromatic rings. The van der Waals surface area contributed by atoms with Gasteiger partial charge in [0.2, 0.25) is 0 Å². The standard InChI is InChI=1S/C27H22N4O4S/c1-35-22-12-14-23(15-13-22)36(33,34)31-21-9-5-7-19(17-21)27(32)28-20-8-4-6-18(16-20)26-29-24-10-2-3-11-25(24)30-26/h2-17,31H,1H3,(H,28,32)(H,29,30). The van der Waals surface area contributed by atoms with Crippen molar-refractivity contribution in [1.29, 1.82) is 0 Å². The number of amides is 1. The predicted molar refractivity (Wildman–Crippen MR) is 140 cm³/mol. The Morgan fingerprint density at radius 3 is 2.39 bits per heavy atom. The Labute approximate surface area is 208 Å². The summed E-state index contributed by atoms with van der Waals surface area (Å²) >= 11 is 0. The molecule has 8 nitrogen and oxygen atoms in total. The second kappa shape index (κ2) is 9.55. The highest BCUT2D eigenvalue weighted by Gasteiger charge is 2.16. The van der Waals surface area contributed by atoms with Crippen LogP contribution in [0.4, 0.5) is 11.4 Å². The molecule has 9 heteroatoms. The van der Waals surface area contributed by atoms with Gasteiger partial charge in [-0.05, 0) is 66.7 Å². The van der Waals surface area contributed by atoms with E-state index in [1.165, 1.54) is 25.3 Å². The van der Waals surface area contributed by atoms with Gasteiger partial charge in [0.05, 0.1) is 23.0 Å². The summed E-state index contributed by atoms with van der Waals surface area (Å²) in [5.41, 5.74) is 3.77. The van der Waals surface area contributed by atoms with Crippen molar-refractivity contribution < 1.29 is 17.9 Å². The van der Waals surface area contributed by atoms with Gasteiger partial charge in [0.1, 0.15) is 11.6 Å². The van der Waals surface area contributed by atoms with Crippen LogP contribution in [0.3, 0.4) is 0 Å². The summed E-state index contributed by atoms with van der Waals surface area (Å²) in [6, 6.07) is 27.4. The molecule has 5 rings (SSSR count). The van der Waals surface area contributed by atoms with Crippen molar-refractivity contribution in [2.45, 2.75) is 4.90 Å². The van der Waals surface area contributed by atoms with Crippen molar-refractivity contribution >= 4 is 38.3 Å². The highest BCUT2D eigenvalue weighted by molar-refractivity contribution is 7.92. The molecule has 180 valence electrons. The van der Waals surface area contributed by atoms with Gasteiger partial charge in [-0.25, -0.2) is 13.4 Å². The molecule has 0 aliphatic carbocycles.